The Bertz CT molecular complexity index is 698. The van der Waals surface area contributed by atoms with E-state index in [0.29, 0.717) is 12.0 Å². The first kappa shape index (κ1) is 15.7. The molecule has 1 saturated heterocycles. The summed E-state index contributed by atoms with van der Waals surface area (Å²) < 4.78 is 15.1. The maximum Gasteiger partial charge on any atom is 0.147 e. The van der Waals surface area contributed by atoms with Crippen LogP contribution in [-0.2, 0) is 13.0 Å². The van der Waals surface area contributed by atoms with E-state index in [4.69, 9.17) is 0 Å². The fraction of sp³-hybridized carbons (Fsp3) is 0.529. The summed E-state index contributed by atoms with van der Waals surface area (Å²) in [7, 11) is 0. The molecule has 24 heavy (non-hydrogen) atoms. The molecule has 0 aliphatic carbocycles. The third-order valence-corrected chi connectivity index (χ3v) is 4.96. The summed E-state index contributed by atoms with van der Waals surface area (Å²) in [5, 5.41) is 8.14. The predicted octanol–water partition coefficient (Wildman–Crippen LogP) is 1.10. The van der Waals surface area contributed by atoms with Crippen LogP contribution in [0.25, 0.3) is 0 Å². The van der Waals surface area contributed by atoms with Crippen molar-refractivity contribution in [1.82, 2.24) is 30.9 Å². The first-order valence-electron chi connectivity index (χ1n) is 8.56. The molecule has 3 heterocycles. The first-order chi connectivity index (χ1) is 11.7. The highest BCUT2D eigenvalue weighted by Gasteiger charge is 2.29. The van der Waals surface area contributed by atoms with E-state index in [1.165, 1.54) is 12.1 Å². The smallest absolute Gasteiger partial charge is 0.147 e. The number of aryl methyl sites for hydroxylation is 2. The SMILES string of the molecule is Cc1nc2n(n1)CC(NCC1CNNC1c1ccc(F)cc1)CC2. The maximum atomic E-state index is 13.1. The van der Waals surface area contributed by atoms with Gasteiger partial charge in [0.15, 0.2) is 0 Å². The second kappa shape index (κ2) is 6.58. The van der Waals surface area contributed by atoms with Gasteiger partial charge in [-0.05, 0) is 31.0 Å². The number of hydrogen-bond donors (Lipinski definition) is 3. The molecule has 3 unspecified atom stereocenters. The maximum absolute atomic E-state index is 13.1. The molecule has 3 atom stereocenters. The van der Waals surface area contributed by atoms with Gasteiger partial charge in [0, 0.05) is 31.5 Å². The van der Waals surface area contributed by atoms with Gasteiger partial charge in [-0.25, -0.2) is 19.5 Å². The van der Waals surface area contributed by atoms with Crippen molar-refractivity contribution in [3.8, 4) is 0 Å². The topological polar surface area (TPSA) is 66.8 Å². The van der Waals surface area contributed by atoms with Crippen molar-refractivity contribution in [1.29, 1.82) is 0 Å². The Balaban J connectivity index is 1.36. The van der Waals surface area contributed by atoms with Gasteiger partial charge in [-0.15, -0.1) is 0 Å². The van der Waals surface area contributed by atoms with Crippen LogP contribution in [0.4, 0.5) is 4.39 Å². The summed E-state index contributed by atoms with van der Waals surface area (Å²) in [6, 6.07) is 7.39. The molecule has 2 aromatic rings. The predicted molar refractivity (Wildman–Crippen MR) is 88.6 cm³/mol. The average molecular weight is 330 g/mol. The van der Waals surface area contributed by atoms with Crippen LogP contribution >= 0.6 is 0 Å². The summed E-state index contributed by atoms with van der Waals surface area (Å²) in [5.74, 6) is 2.18. The molecule has 1 fully saturated rings. The van der Waals surface area contributed by atoms with Crippen LogP contribution in [0.2, 0.25) is 0 Å². The minimum absolute atomic E-state index is 0.194. The van der Waals surface area contributed by atoms with E-state index < -0.39 is 0 Å². The van der Waals surface area contributed by atoms with Gasteiger partial charge in [0.05, 0.1) is 12.6 Å². The third kappa shape index (κ3) is 3.19. The normalized spacial score (nSPS) is 26.5. The Morgan fingerprint density at radius 1 is 1.33 bits per heavy atom. The summed E-state index contributed by atoms with van der Waals surface area (Å²) in [6.45, 7) is 4.63. The molecule has 4 rings (SSSR count). The van der Waals surface area contributed by atoms with E-state index in [1.807, 2.05) is 23.7 Å². The second-order valence-electron chi connectivity index (χ2n) is 6.72. The van der Waals surface area contributed by atoms with Gasteiger partial charge in [-0.1, -0.05) is 12.1 Å². The van der Waals surface area contributed by atoms with E-state index in [9.17, 15) is 4.39 Å². The Kier molecular flexibility index (Phi) is 4.30. The largest absolute Gasteiger partial charge is 0.312 e. The van der Waals surface area contributed by atoms with E-state index in [0.717, 1.165) is 49.7 Å². The molecule has 0 bridgehead atoms. The van der Waals surface area contributed by atoms with Gasteiger partial charge in [-0.2, -0.15) is 5.10 Å². The number of fused-ring (bicyclic) bond motifs is 1. The number of hydrazine groups is 1. The van der Waals surface area contributed by atoms with Crippen molar-refractivity contribution >= 4 is 0 Å². The monoisotopic (exact) mass is 330 g/mol. The number of nitrogens with one attached hydrogen (secondary N) is 3. The van der Waals surface area contributed by atoms with Crippen molar-refractivity contribution in [3.63, 3.8) is 0 Å². The Morgan fingerprint density at radius 2 is 2.17 bits per heavy atom. The van der Waals surface area contributed by atoms with E-state index in [2.05, 4.69) is 26.3 Å². The Labute approximate surface area is 140 Å². The van der Waals surface area contributed by atoms with Gasteiger partial charge < -0.3 is 5.32 Å². The molecular formula is C17H23FN6. The molecule has 1 aromatic heterocycles. The molecule has 0 radical (unpaired) electrons. The molecule has 128 valence electrons. The molecule has 2 aliphatic rings. The number of aromatic nitrogens is 3. The van der Waals surface area contributed by atoms with E-state index >= 15 is 0 Å². The number of halogens is 1. The fourth-order valence-electron chi connectivity index (χ4n) is 3.67. The number of rotatable bonds is 4. The highest BCUT2D eigenvalue weighted by Crippen LogP contribution is 2.25. The van der Waals surface area contributed by atoms with Crippen LogP contribution < -0.4 is 16.2 Å². The molecular weight excluding hydrogens is 307 g/mol. The lowest BCUT2D eigenvalue weighted by Crippen LogP contribution is -2.41. The van der Waals surface area contributed by atoms with Crippen molar-refractivity contribution < 1.29 is 4.39 Å². The molecule has 1 aromatic carbocycles. The van der Waals surface area contributed by atoms with Gasteiger partial charge in [0.25, 0.3) is 0 Å². The molecule has 0 amide bonds. The lowest BCUT2D eigenvalue weighted by Gasteiger charge is -2.26. The molecule has 0 saturated carbocycles. The van der Waals surface area contributed by atoms with Gasteiger partial charge in [0.1, 0.15) is 17.5 Å². The van der Waals surface area contributed by atoms with Crippen LogP contribution in [0.1, 0.15) is 29.7 Å². The van der Waals surface area contributed by atoms with Crippen molar-refractivity contribution in [2.45, 2.75) is 38.4 Å². The average Bonchev–Trinajstić information content (AvgIpc) is 3.18. The van der Waals surface area contributed by atoms with Crippen molar-refractivity contribution in [3.05, 3.63) is 47.3 Å². The van der Waals surface area contributed by atoms with E-state index in [-0.39, 0.29) is 11.9 Å². The lowest BCUT2D eigenvalue weighted by molar-refractivity contribution is 0.329. The standard InChI is InChI=1S/C17H23FN6/c1-11-21-16-7-6-15(10-24(16)23-11)19-8-13-9-20-22-17(13)12-2-4-14(18)5-3-12/h2-5,13,15,17,19-20,22H,6-10H2,1H3. The minimum atomic E-state index is -0.194. The van der Waals surface area contributed by atoms with Gasteiger partial charge in [-0.3, -0.25) is 5.43 Å². The van der Waals surface area contributed by atoms with Crippen molar-refractivity contribution in [2.24, 2.45) is 5.92 Å². The highest BCUT2D eigenvalue weighted by molar-refractivity contribution is 5.21. The molecule has 7 heteroatoms. The zero-order chi connectivity index (χ0) is 16.5. The summed E-state index contributed by atoms with van der Waals surface area (Å²) in [5.41, 5.74) is 7.66. The fourth-order valence-corrected chi connectivity index (χ4v) is 3.67. The summed E-state index contributed by atoms with van der Waals surface area (Å²) >= 11 is 0. The Hall–Kier alpha value is -1.83. The number of nitrogens with zero attached hydrogens (tertiary/aromatic N) is 3. The molecule has 0 spiro atoms. The van der Waals surface area contributed by atoms with Crippen LogP contribution in [0.15, 0.2) is 24.3 Å². The minimum Gasteiger partial charge on any atom is -0.312 e. The highest BCUT2D eigenvalue weighted by atomic mass is 19.1. The third-order valence-electron chi connectivity index (χ3n) is 4.96. The summed E-state index contributed by atoms with van der Waals surface area (Å²) in [6.07, 6.45) is 2.06. The van der Waals surface area contributed by atoms with Gasteiger partial charge in [0.2, 0.25) is 0 Å². The molecule has 3 N–H and O–H groups in total. The number of benzene rings is 1. The van der Waals surface area contributed by atoms with Crippen LogP contribution in [0.5, 0.6) is 0 Å². The lowest BCUT2D eigenvalue weighted by atomic mass is 9.94. The first-order valence-corrected chi connectivity index (χ1v) is 8.56. The molecule has 2 aliphatic heterocycles. The Morgan fingerprint density at radius 3 is 3.00 bits per heavy atom. The quantitative estimate of drug-likeness (QED) is 0.783. The van der Waals surface area contributed by atoms with Gasteiger partial charge >= 0.3 is 0 Å². The second-order valence-corrected chi connectivity index (χ2v) is 6.72. The number of hydrogen-bond acceptors (Lipinski definition) is 5. The van der Waals surface area contributed by atoms with Crippen LogP contribution in [0.3, 0.4) is 0 Å². The van der Waals surface area contributed by atoms with Crippen LogP contribution in [-0.4, -0.2) is 33.9 Å². The zero-order valence-electron chi connectivity index (χ0n) is 13.8. The van der Waals surface area contributed by atoms with Crippen molar-refractivity contribution in [2.75, 3.05) is 13.1 Å². The molecule has 6 nitrogen and oxygen atoms in total. The zero-order valence-corrected chi connectivity index (χ0v) is 13.8. The van der Waals surface area contributed by atoms with E-state index in [1.54, 1.807) is 0 Å². The summed E-state index contributed by atoms with van der Waals surface area (Å²) in [4.78, 5) is 4.46. The van der Waals surface area contributed by atoms with Crippen LogP contribution in [0, 0.1) is 18.7 Å².